The summed E-state index contributed by atoms with van der Waals surface area (Å²) in [5.41, 5.74) is 0.525. The summed E-state index contributed by atoms with van der Waals surface area (Å²) in [6.07, 6.45) is 1.71. The molecule has 0 amide bonds. The summed E-state index contributed by atoms with van der Waals surface area (Å²) in [4.78, 5) is 11.9. The quantitative estimate of drug-likeness (QED) is 0.795. The van der Waals surface area contributed by atoms with Gasteiger partial charge in [0.05, 0.1) is 16.9 Å². The molecule has 3 rings (SSSR count). The summed E-state index contributed by atoms with van der Waals surface area (Å²) in [5, 5.41) is 0.511. The van der Waals surface area contributed by atoms with E-state index in [4.69, 9.17) is 20.9 Å². The Balaban J connectivity index is 1.96. The summed E-state index contributed by atoms with van der Waals surface area (Å²) < 4.78 is 13.6. The predicted octanol–water partition coefficient (Wildman–Crippen LogP) is 2.79. The standard InChI is InChI=1S/C17H19BClNO3/c1-16(2)17(3,4)23-18(22-16)13-9-8-12(11-14(13)19)20-10-6-5-7-15(20)21/h5-11H,1-4H3. The third-order valence-electron chi connectivity index (χ3n) is 4.59. The highest BCUT2D eigenvalue weighted by Gasteiger charge is 2.52. The van der Waals surface area contributed by atoms with Crippen molar-refractivity contribution >= 4 is 24.2 Å². The number of halogens is 1. The molecule has 6 heteroatoms. The molecule has 1 aliphatic rings. The molecule has 1 aromatic carbocycles. The van der Waals surface area contributed by atoms with Gasteiger partial charge < -0.3 is 9.31 Å². The molecule has 0 N–H and O–H groups in total. The van der Waals surface area contributed by atoms with Crippen LogP contribution in [0.5, 0.6) is 0 Å². The molecule has 0 spiro atoms. The van der Waals surface area contributed by atoms with Gasteiger partial charge in [0.25, 0.3) is 5.56 Å². The van der Waals surface area contributed by atoms with E-state index in [9.17, 15) is 4.79 Å². The first-order valence-corrected chi connectivity index (χ1v) is 7.92. The van der Waals surface area contributed by atoms with E-state index in [0.717, 1.165) is 5.46 Å². The first-order valence-electron chi connectivity index (χ1n) is 7.54. The molecule has 0 saturated carbocycles. The molecule has 4 nitrogen and oxygen atoms in total. The zero-order valence-corrected chi connectivity index (χ0v) is 14.4. The Labute approximate surface area is 141 Å². The first kappa shape index (κ1) is 16.3. The Morgan fingerprint density at radius 2 is 1.70 bits per heavy atom. The van der Waals surface area contributed by atoms with Crippen LogP contribution in [-0.2, 0) is 9.31 Å². The fourth-order valence-corrected chi connectivity index (χ4v) is 2.73. The highest BCUT2D eigenvalue weighted by atomic mass is 35.5. The molecular weight excluding hydrogens is 312 g/mol. The van der Waals surface area contributed by atoms with Crippen molar-refractivity contribution < 1.29 is 9.31 Å². The van der Waals surface area contributed by atoms with Crippen molar-refractivity contribution in [1.29, 1.82) is 0 Å². The van der Waals surface area contributed by atoms with E-state index < -0.39 is 18.3 Å². The van der Waals surface area contributed by atoms with Crippen molar-refractivity contribution in [3.05, 3.63) is 58.0 Å². The van der Waals surface area contributed by atoms with Crippen LogP contribution in [0.2, 0.25) is 5.02 Å². The summed E-state index contributed by atoms with van der Waals surface area (Å²) in [7, 11) is -0.519. The monoisotopic (exact) mass is 331 g/mol. The van der Waals surface area contributed by atoms with Gasteiger partial charge in [-0.25, -0.2) is 0 Å². The lowest BCUT2D eigenvalue weighted by molar-refractivity contribution is 0.00578. The Bertz CT molecular complexity index is 784. The molecule has 1 fully saturated rings. The number of aromatic nitrogens is 1. The second kappa shape index (κ2) is 5.51. The summed E-state index contributed by atoms with van der Waals surface area (Å²) >= 11 is 6.42. The fourth-order valence-electron chi connectivity index (χ4n) is 2.47. The third kappa shape index (κ3) is 2.85. The summed E-state index contributed by atoms with van der Waals surface area (Å²) in [6, 6.07) is 10.5. The lowest BCUT2D eigenvalue weighted by Crippen LogP contribution is -2.41. The van der Waals surface area contributed by atoms with Crippen LogP contribution in [0.25, 0.3) is 5.69 Å². The molecular formula is C17H19BClNO3. The van der Waals surface area contributed by atoms with Gasteiger partial charge in [-0.05, 0) is 45.9 Å². The molecule has 1 aliphatic heterocycles. The van der Waals surface area contributed by atoms with Crippen molar-refractivity contribution in [2.45, 2.75) is 38.9 Å². The predicted molar refractivity (Wildman–Crippen MR) is 92.8 cm³/mol. The lowest BCUT2D eigenvalue weighted by Gasteiger charge is -2.32. The second-order valence-corrected chi connectivity index (χ2v) is 7.11. The molecule has 2 aromatic rings. The SMILES string of the molecule is CC1(C)OB(c2ccc(-n3ccccc3=O)cc2Cl)OC1(C)C. The number of hydrogen-bond acceptors (Lipinski definition) is 3. The number of rotatable bonds is 2. The maximum Gasteiger partial charge on any atom is 0.496 e. The average Bonchev–Trinajstić information content (AvgIpc) is 2.67. The topological polar surface area (TPSA) is 40.5 Å². The van der Waals surface area contributed by atoms with Gasteiger partial charge in [-0.2, -0.15) is 0 Å². The van der Waals surface area contributed by atoms with Crippen LogP contribution >= 0.6 is 11.6 Å². The van der Waals surface area contributed by atoms with Crippen LogP contribution in [0.3, 0.4) is 0 Å². The van der Waals surface area contributed by atoms with E-state index in [-0.39, 0.29) is 5.56 Å². The Morgan fingerprint density at radius 1 is 1.04 bits per heavy atom. The average molecular weight is 332 g/mol. The van der Waals surface area contributed by atoms with E-state index >= 15 is 0 Å². The van der Waals surface area contributed by atoms with Crippen LogP contribution in [0.4, 0.5) is 0 Å². The highest BCUT2D eigenvalue weighted by Crippen LogP contribution is 2.37. The molecule has 120 valence electrons. The number of pyridine rings is 1. The molecule has 0 radical (unpaired) electrons. The van der Waals surface area contributed by atoms with Crippen molar-refractivity contribution in [1.82, 2.24) is 4.57 Å². The normalized spacial score (nSPS) is 19.1. The highest BCUT2D eigenvalue weighted by molar-refractivity contribution is 6.65. The van der Waals surface area contributed by atoms with Gasteiger partial charge in [0.2, 0.25) is 0 Å². The molecule has 0 unspecified atom stereocenters. The van der Waals surface area contributed by atoms with Gasteiger partial charge in [0, 0.05) is 22.7 Å². The van der Waals surface area contributed by atoms with Gasteiger partial charge in [0.15, 0.2) is 0 Å². The van der Waals surface area contributed by atoms with E-state index in [1.165, 1.54) is 6.07 Å². The molecule has 1 aromatic heterocycles. The van der Waals surface area contributed by atoms with Crippen LogP contribution in [0.1, 0.15) is 27.7 Å². The minimum atomic E-state index is -0.519. The van der Waals surface area contributed by atoms with Crippen molar-refractivity contribution in [2.75, 3.05) is 0 Å². The lowest BCUT2D eigenvalue weighted by atomic mass is 9.79. The minimum absolute atomic E-state index is 0.105. The smallest absolute Gasteiger partial charge is 0.399 e. The van der Waals surface area contributed by atoms with Gasteiger partial charge in [-0.15, -0.1) is 0 Å². The van der Waals surface area contributed by atoms with Gasteiger partial charge in [0.1, 0.15) is 0 Å². The maximum absolute atomic E-state index is 11.9. The fraction of sp³-hybridized carbons (Fsp3) is 0.353. The number of nitrogens with zero attached hydrogens (tertiary/aromatic N) is 1. The van der Waals surface area contributed by atoms with Crippen molar-refractivity contribution in [3.63, 3.8) is 0 Å². The van der Waals surface area contributed by atoms with Crippen molar-refractivity contribution in [3.8, 4) is 5.69 Å². The van der Waals surface area contributed by atoms with Gasteiger partial charge in [-0.3, -0.25) is 9.36 Å². The number of hydrogen-bond donors (Lipinski definition) is 0. The minimum Gasteiger partial charge on any atom is -0.399 e. The molecule has 23 heavy (non-hydrogen) atoms. The second-order valence-electron chi connectivity index (χ2n) is 6.70. The third-order valence-corrected chi connectivity index (χ3v) is 4.92. The van der Waals surface area contributed by atoms with E-state index in [1.54, 1.807) is 29.0 Å². The molecule has 0 atom stereocenters. The van der Waals surface area contributed by atoms with Crippen LogP contribution in [0.15, 0.2) is 47.4 Å². The van der Waals surface area contributed by atoms with Crippen LogP contribution in [0, 0.1) is 0 Å². The van der Waals surface area contributed by atoms with E-state index in [0.29, 0.717) is 10.7 Å². The summed E-state index contributed by atoms with van der Waals surface area (Å²) in [5.74, 6) is 0. The Morgan fingerprint density at radius 3 is 2.26 bits per heavy atom. The van der Waals surface area contributed by atoms with Crippen LogP contribution < -0.4 is 11.0 Å². The van der Waals surface area contributed by atoms with E-state index in [1.807, 2.05) is 39.8 Å². The Kier molecular flexibility index (Phi) is 3.91. The maximum atomic E-state index is 11.9. The van der Waals surface area contributed by atoms with E-state index in [2.05, 4.69) is 0 Å². The molecule has 2 heterocycles. The molecule has 1 saturated heterocycles. The van der Waals surface area contributed by atoms with Gasteiger partial charge in [-0.1, -0.05) is 23.7 Å². The van der Waals surface area contributed by atoms with Crippen LogP contribution in [-0.4, -0.2) is 22.9 Å². The van der Waals surface area contributed by atoms with Gasteiger partial charge >= 0.3 is 7.12 Å². The zero-order chi connectivity index (χ0) is 16.8. The Hall–Kier alpha value is -1.56. The summed E-state index contributed by atoms with van der Waals surface area (Å²) in [6.45, 7) is 8.00. The van der Waals surface area contributed by atoms with Crippen molar-refractivity contribution in [2.24, 2.45) is 0 Å². The molecule has 0 aliphatic carbocycles. The zero-order valence-electron chi connectivity index (χ0n) is 13.7. The number of benzene rings is 1. The molecule has 0 bridgehead atoms. The largest absolute Gasteiger partial charge is 0.496 e. The first-order chi connectivity index (χ1) is 10.7.